The molecule has 0 fully saturated rings. The molecule has 1 aromatic heterocycles. The fourth-order valence-corrected chi connectivity index (χ4v) is 2.70. The first-order chi connectivity index (χ1) is 8.13. The van der Waals surface area contributed by atoms with Crippen molar-refractivity contribution in [3.8, 4) is 0 Å². The minimum Gasteiger partial charge on any atom is -0.312 e. The molecule has 0 amide bonds. The summed E-state index contributed by atoms with van der Waals surface area (Å²) in [6, 6.07) is 1.88. The number of nitrogens with zero attached hydrogens (tertiary/aromatic N) is 1. The molecule has 0 saturated carbocycles. The lowest BCUT2D eigenvalue weighted by atomic mass is 9.94. The van der Waals surface area contributed by atoms with Crippen LogP contribution in [0, 0.1) is 0 Å². The first-order valence-electron chi connectivity index (χ1n) is 6.06. The lowest BCUT2D eigenvalue weighted by molar-refractivity contribution is -0.111. The van der Waals surface area contributed by atoms with Crippen LogP contribution in [0.25, 0.3) is 0 Å². The number of rotatable bonds is 3. The van der Waals surface area contributed by atoms with Crippen molar-refractivity contribution in [2.45, 2.75) is 45.6 Å². The van der Waals surface area contributed by atoms with Crippen LogP contribution in [0.3, 0.4) is 0 Å². The van der Waals surface area contributed by atoms with Crippen LogP contribution in [0.15, 0.2) is 10.9 Å². The van der Waals surface area contributed by atoms with Gasteiger partial charge in [-0.15, -0.1) is 0 Å². The zero-order valence-corrected chi connectivity index (χ0v) is 10.7. The summed E-state index contributed by atoms with van der Waals surface area (Å²) in [5.41, 5.74) is 2.84. The number of pyridine rings is 1. The molecule has 0 aromatic carbocycles. The molecule has 0 aliphatic heterocycles. The van der Waals surface area contributed by atoms with E-state index in [1.807, 2.05) is 13.0 Å². The standard InChI is InChI=1S/C13H16ClNO2/c1-2-15-11-6-4-3-5-9(11)7-10(13(15)17)8-12(14)16/h7H,2-6,8H2,1H3. The SMILES string of the molecule is CCn1c2c(cc(CC(=O)Cl)c1=O)CCCC2. The topological polar surface area (TPSA) is 39.1 Å². The highest BCUT2D eigenvalue weighted by molar-refractivity contribution is 6.63. The van der Waals surface area contributed by atoms with Crippen LogP contribution in [-0.2, 0) is 30.6 Å². The molecule has 0 unspecified atom stereocenters. The zero-order valence-electron chi connectivity index (χ0n) is 9.96. The summed E-state index contributed by atoms with van der Waals surface area (Å²) in [5, 5.41) is -0.472. The Hall–Kier alpha value is -1.09. The van der Waals surface area contributed by atoms with E-state index in [9.17, 15) is 9.59 Å². The number of hydrogen-bond donors (Lipinski definition) is 0. The van der Waals surface area contributed by atoms with E-state index < -0.39 is 5.24 Å². The van der Waals surface area contributed by atoms with E-state index >= 15 is 0 Å². The van der Waals surface area contributed by atoms with Crippen molar-refractivity contribution in [3.63, 3.8) is 0 Å². The molecule has 1 aromatic rings. The second-order valence-electron chi connectivity index (χ2n) is 4.43. The zero-order chi connectivity index (χ0) is 12.4. The Bertz CT molecular complexity index is 505. The molecule has 0 bridgehead atoms. The van der Waals surface area contributed by atoms with Crippen LogP contribution in [-0.4, -0.2) is 9.81 Å². The first kappa shape index (κ1) is 12.4. The van der Waals surface area contributed by atoms with Crippen molar-refractivity contribution in [1.82, 2.24) is 4.57 Å². The Morgan fingerprint density at radius 1 is 1.41 bits per heavy atom. The molecule has 92 valence electrons. The second-order valence-corrected chi connectivity index (χ2v) is 4.85. The summed E-state index contributed by atoms with van der Waals surface area (Å²) >= 11 is 5.38. The quantitative estimate of drug-likeness (QED) is 0.774. The number of aryl methyl sites for hydroxylation is 1. The van der Waals surface area contributed by atoms with Gasteiger partial charge in [-0.3, -0.25) is 9.59 Å². The normalized spacial score (nSPS) is 14.5. The van der Waals surface area contributed by atoms with Gasteiger partial charge in [-0.05, 0) is 55.8 Å². The van der Waals surface area contributed by atoms with Crippen molar-refractivity contribution in [1.29, 1.82) is 0 Å². The minimum absolute atomic E-state index is 0.0354. The van der Waals surface area contributed by atoms with Crippen molar-refractivity contribution < 1.29 is 4.79 Å². The van der Waals surface area contributed by atoms with Gasteiger partial charge < -0.3 is 4.57 Å². The lowest BCUT2D eigenvalue weighted by Gasteiger charge is -2.21. The maximum Gasteiger partial charge on any atom is 0.254 e. The maximum atomic E-state index is 12.2. The fourth-order valence-electron chi connectivity index (χ4n) is 2.56. The van der Waals surface area contributed by atoms with E-state index in [2.05, 4.69) is 0 Å². The summed E-state index contributed by atoms with van der Waals surface area (Å²) in [6.07, 6.45) is 4.30. The van der Waals surface area contributed by atoms with Crippen LogP contribution >= 0.6 is 11.6 Å². The van der Waals surface area contributed by atoms with Crippen molar-refractivity contribution in [2.24, 2.45) is 0 Å². The molecular formula is C13H16ClNO2. The Morgan fingerprint density at radius 2 is 2.12 bits per heavy atom. The molecule has 4 heteroatoms. The van der Waals surface area contributed by atoms with Crippen LogP contribution in [0.4, 0.5) is 0 Å². The van der Waals surface area contributed by atoms with Gasteiger partial charge in [0.05, 0.1) is 6.42 Å². The third kappa shape index (κ3) is 2.44. The fraction of sp³-hybridized carbons (Fsp3) is 0.538. The highest BCUT2D eigenvalue weighted by Gasteiger charge is 2.17. The average Bonchev–Trinajstić information content (AvgIpc) is 2.30. The number of carbonyl (C=O) groups excluding carboxylic acids is 1. The molecule has 1 aliphatic rings. The largest absolute Gasteiger partial charge is 0.312 e. The molecule has 0 atom stereocenters. The Labute approximate surface area is 105 Å². The van der Waals surface area contributed by atoms with Crippen molar-refractivity contribution >= 4 is 16.8 Å². The summed E-state index contributed by atoms with van der Waals surface area (Å²) in [5.74, 6) is 0. The molecule has 0 spiro atoms. The molecule has 1 aliphatic carbocycles. The Balaban J connectivity index is 2.56. The monoisotopic (exact) mass is 253 g/mol. The van der Waals surface area contributed by atoms with Gasteiger partial charge in [0.2, 0.25) is 5.24 Å². The van der Waals surface area contributed by atoms with E-state index in [0.717, 1.165) is 31.4 Å². The maximum absolute atomic E-state index is 12.2. The van der Waals surface area contributed by atoms with Gasteiger partial charge in [0.1, 0.15) is 0 Å². The lowest BCUT2D eigenvalue weighted by Crippen LogP contribution is -2.29. The van der Waals surface area contributed by atoms with E-state index in [0.29, 0.717) is 12.1 Å². The second kappa shape index (κ2) is 5.05. The molecular weight excluding hydrogens is 238 g/mol. The van der Waals surface area contributed by atoms with Crippen LogP contribution < -0.4 is 5.56 Å². The molecule has 1 heterocycles. The highest BCUT2D eigenvalue weighted by atomic mass is 35.5. The average molecular weight is 254 g/mol. The number of hydrogen-bond acceptors (Lipinski definition) is 2. The predicted octanol–water partition coefficient (Wildman–Crippen LogP) is 2.05. The molecule has 3 nitrogen and oxygen atoms in total. The number of carbonyl (C=O) groups is 1. The van der Waals surface area contributed by atoms with E-state index in [4.69, 9.17) is 11.6 Å². The summed E-state index contributed by atoms with van der Waals surface area (Å²) in [6.45, 7) is 2.62. The third-order valence-electron chi connectivity index (χ3n) is 3.32. The predicted molar refractivity (Wildman–Crippen MR) is 67.6 cm³/mol. The molecule has 0 radical (unpaired) electrons. The minimum atomic E-state index is -0.472. The first-order valence-corrected chi connectivity index (χ1v) is 6.44. The molecule has 0 N–H and O–H groups in total. The van der Waals surface area contributed by atoms with Crippen molar-refractivity contribution in [2.75, 3.05) is 0 Å². The molecule has 17 heavy (non-hydrogen) atoms. The van der Waals surface area contributed by atoms with Gasteiger partial charge in [-0.1, -0.05) is 0 Å². The third-order valence-corrected chi connectivity index (χ3v) is 3.45. The van der Waals surface area contributed by atoms with Gasteiger partial charge >= 0.3 is 0 Å². The van der Waals surface area contributed by atoms with Crippen molar-refractivity contribution in [3.05, 3.63) is 33.2 Å². The van der Waals surface area contributed by atoms with Gasteiger partial charge in [0.15, 0.2) is 0 Å². The molecule has 0 saturated heterocycles. The summed E-state index contributed by atoms with van der Waals surface area (Å²) < 4.78 is 1.80. The number of aromatic nitrogens is 1. The Morgan fingerprint density at radius 3 is 2.76 bits per heavy atom. The van der Waals surface area contributed by atoms with Crippen LogP contribution in [0.2, 0.25) is 0 Å². The Kier molecular flexibility index (Phi) is 3.67. The van der Waals surface area contributed by atoms with Crippen LogP contribution in [0.1, 0.15) is 36.6 Å². The van der Waals surface area contributed by atoms with Gasteiger partial charge in [0.25, 0.3) is 5.56 Å². The van der Waals surface area contributed by atoms with E-state index in [1.54, 1.807) is 4.57 Å². The summed E-state index contributed by atoms with van der Waals surface area (Å²) in [7, 11) is 0. The number of fused-ring (bicyclic) bond motifs is 1. The van der Waals surface area contributed by atoms with E-state index in [-0.39, 0.29) is 12.0 Å². The summed E-state index contributed by atoms with van der Waals surface area (Å²) in [4.78, 5) is 23.1. The van der Waals surface area contributed by atoms with Gasteiger partial charge in [0, 0.05) is 17.8 Å². The van der Waals surface area contributed by atoms with Crippen LogP contribution in [0.5, 0.6) is 0 Å². The van der Waals surface area contributed by atoms with E-state index in [1.165, 1.54) is 5.56 Å². The molecule has 2 rings (SSSR count). The van der Waals surface area contributed by atoms with Gasteiger partial charge in [-0.25, -0.2) is 0 Å². The highest BCUT2D eigenvalue weighted by Crippen LogP contribution is 2.21. The van der Waals surface area contributed by atoms with Gasteiger partial charge in [-0.2, -0.15) is 0 Å². The smallest absolute Gasteiger partial charge is 0.254 e. The number of halogens is 1.